The largest absolute Gasteiger partial charge is 0.309 e. The smallest absolute Gasteiger partial charge is 0.129 e. The third-order valence-electron chi connectivity index (χ3n) is 2.36. The molecule has 0 aliphatic rings. The van der Waals surface area contributed by atoms with Crippen LogP contribution in [0.1, 0.15) is 32.2 Å². The van der Waals surface area contributed by atoms with Crippen LogP contribution in [0.3, 0.4) is 0 Å². The van der Waals surface area contributed by atoms with Crippen LogP contribution in [0, 0.1) is 0 Å². The molecule has 1 N–H and O–H groups in total. The molecule has 96 valence electrons. The number of nitrogens with zero attached hydrogens (tertiary/aromatic N) is 3. The Labute approximate surface area is 104 Å². The number of hydrogen-bond acceptors (Lipinski definition) is 4. The quantitative estimate of drug-likeness (QED) is 0.840. The molecule has 0 aromatic carbocycles. The maximum Gasteiger partial charge on any atom is 0.129 e. The van der Waals surface area contributed by atoms with Crippen molar-refractivity contribution in [1.29, 1.82) is 0 Å². The fraction of sp³-hybridized carbons (Fsp3) is 0.692. The van der Waals surface area contributed by atoms with Gasteiger partial charge in [-0.05, 0) is 34.9 Å². The highest BCUT2D eigenvalue weighted by Crippen LogP contribution is 2.03. The summed E-state index contributed by atoms with van der Waals surface area (Å²) in [5, 5.41) is 3.42. The number of rotatable bonds is 5. The summed E-state index contributed by atoms with van der Waals surface area (Å²) in [5.41, 5.74) is 1.26. The summed E-state index contributed by atoms with van der Waals surface area (Å²) in [7, 11) is 4.11. The lowest BCUT2D eigenvalue weighted by atomic mass is 10.1. The molecule has 0 saturated heterocycles. The Kier molecular flexibility index (Phi) is 5.02. The summed E-state index contributed by atoms with van der Waals surface area (Å²) in [4.78, 5) is 10.9. The molecule has 1 heterocycles. The zero-order valence-corrected chi connectivity index (χ0v) is 11.6. The van der Waals surface area contributed by atoms with Crippen molar-refractivity contribution in [2.45, 2.75) is 39.3 Å². The van der Waals surface area contributed by atoms with E-state index in [0.29, 0.717) is 0 Å². The average Bonchev–Trinajstić information content (AvgIpc) is 2.24. The molecule has 1 aromatic rings. The Morgan fingerprint density at radius 2 is 1.76 bits per heavy atom. The van der Waals surface area contributed by atoms with E-state index in [2.05, 4.69) is 55.1 Å². The summed E-state index contributed by atoms with van der Waals surface area (Å²) < 4.78 is 0. The molecule has 4 heteroatoms. The van der Waals surface area contributed by atoms with Crippen molar-refractivity contribution >= 4 is 0 Å². The topological polar surface area (TPSA) is 41.1 Å². The van der Waals surface area contributed by atoms with Crippen molar-refractivity contribution < 1.29 is 0 Å². The van der Waals surface area contributed by atoms with Crippen molar-refractivity contribution in [2.75, 3.05) is 20.6 Å². The molecular weight excluding hydrogens is 212 g/mol. The van der Waals surface area contributed by atoms with Crippen molar-refractivity contribution in [3.63, 3.8) is 0 Å². The van der Waals surface area contributed by atoms with Crippen molar-refractivity contribution in [3.05, 3.63) is 23.8 Å². The molecule has 0 unspecified atom stereocenters. The lowest BCUT2D eigenvalue weighted by Crippen LogP contribution is -2.35. The van der Waals surface area contributed by atoms with Crippen LogP contribution < -0.4 is 5.32 Å². The molecule has 0 radical (unpaired) electrons. The van der Waals surface area contributed by atoms with E-state index >= 15 is 0 Å². The normalized spacial score (nSPS) is 12.1. The minimum atomic E-state index is 0.129. The lowest BCUT2D eigenvalue weighted by Gasteiger charge is -2.20. The second-order valence-electron chi connectivity index (χ2n) is 5.66. The Bertz CT molecular complexity index is 324. The SMILES string of the molecule is CN(C)CCc1ncc(CNC(C)(C)C)cn1. The van der Waals surface area contributed by atoms with Gasteiger partial charge in [0, 0.05) is 43.0 Å². The van der Waals surface area contributed by atoms with E-state index in [0.717, 1.165) is 30.9 Å². The third kappa shape index (κ3) is 6.34. The summed E-state index contributed by atoms with van der Waals surface area (Å²) in [6, 6.07) is 0. The van der Waals surface area contributed by atoms with Gasteiger partial charge in [-0.2, -0.15) is 0 Å². The van der Waals surface area contributed by atoms with Crippen LogP contribution in [0.4, 0.5) is 0 Å². The first-order chi connectivity index (χ1) is 7.87. The Balaban J connectivity index is 2.45. The molecule has 0 amide bonds. The molecular formula is C13H24N4. The molecule has 0 bridgehead atoms. The van der Waals surface area contributed by atoms with E-state index in [1.807, 2.05) is 12.4 Å². The van der Waals surface area contributed by atoms with Crippen molar-refractivity contribution in [2.24, 2.45) is 0 Å². The van der Waals surface area contributed by atoms with E-state index in [9.17, 15) is 0 Å². The van der Waals surface area contributed by atoms with Gasteiger partial charge in [0.15, 0.2) is 0 Å². The standard InChI is InChI=1S/C13H24N4/c1-13(2,3)16-10-11-8-14-12(15-9-11)6-7-17(4)5/h8-9,16H,6-7,10H2,1-5H3. The Hall–Kier alpha value is -1.00. The number of hydrogen-bond donors (Lipinski definition) is 1. The number of nitrogens with one attached hydrogen (secondary N) is 1. The predicted octanol–water partition coefficient (Wildman–Crippen LogP) is 1.47. The zero-order valence-electron chi connectivity index (χ0n) is 11.6. The van der Waals surface area contributed by atoms with E-state index in [4.69, 9.17) is 0 Å². The second kappa shape index (κ2) is 6.07. The maximum absolute atomic E-state index is 4.37. The molecule has 0 aliphatic carbocycles. The first-order valence-electron chi connectivity index (χ1n) is 6.06. The maximum atomic E-state index is 4.37. The summed E-state index contributed by atoms with van der Waals surface area (Å²) >= 11 is 0. The van der Waals surface area contributed by atoms with Crippen molar-refractivity contribution in [1.82, 2.24) is 20.2 Å². The van der Waals surface area contributed by atoms with Gasteiger partial charge in [0.1, 0.15) is 5.82 Å². The second-order valence-corrected chi connectivity index (χ2v) is 5.66. The highest BCUT2D eigenvalue weighted by Gasteiger charge is 2.08. The molecule has 0 spiro atoms. The van der Waals surface area contributed by atoms with E-state index in [1.54, 1.807) is 0 Å². The van der Waals surface area contributed by atoms with Gasteiger partial charge in [-0.25, -0.2) is 9.97 Å². The van der Waals surface area contributed by atoms with E-state index in [-0.39, 0.29) is 5.54 Å². The summed E-state index contributed by atoms with van der Waals surface area (Å²) in [6.45, 7) is 8.26. The monoisotopic (exact) mass is 236 g/mol. The first-order valence-corrected chi connectivity index (χ1v) is 6.06. The van der Waals surface area contributed by atoms with Gasteiger partial charge in [-0.3, -0.25) is 0 Å². The zero-order chi connectivity index (χ0) is 12.9. The molecule has 17 heavy (non-hydrogen) atoms. The molecule has 0 fully saturated rings. The van der Waals surface area contributed by atoms with Gasteiger partial charge in [0.05, 0.1) is 0 Å². The van der Waals surface area contributed by atoms with Crippen LogP contribution in [0.5, 0.6) is 0 Å². The van der Waals surface area contributed by atoms with Crippen molar-refractivity contribution in [3.8, 4) is 0 Å². The molecule has 0 atom stereocenters. The third-order valence-corrected chi connectivity index (χ3v) is 2.36. The lowest BCUT2D eigenvalue weighted by molar-refractivity contribution is 0.408. The van der Waals surface area contributed by atoms with Gasteiger partial charge in [0.25, 0.3) is 0 Å². The van der Waals surface area contributed by atoms with E-state index in [1.165, 1.54) is 0 Å². The average molecular weight is 236 g/mol. The summed E-state index contributed by atoms with van der Waals surface area (Å²) in [6.07, 6.45) is 4.73. The minimum Gasteiger partial charge on any atom is -0.309 e. The predicted molar refractivity (Wildman–Crippen MR) is 70.9 cm³/mol. The number of likely N-dealkylation sites (N-methyl/N-ethyl adjacent to an activating group) is 1. The molecule has 0 aliphatic heterocycles. The van der Waals surface area contributed by atoms with Gasteiger partial charge in [0.2, 0.25) is 0 Å². The molecule has 4 nitrogen and oxygen atoms in total. The van der Waals surface area contributed by atoms with Gasteiger partial charge in [-0.1, -0.05) is 0 Å². The molecule has 1 rings (SSSR count). The van der Waals surface area contributed by atoms with E-state index < -0.39 is 0 Å². The first kappa shape index (κ1) is 14.1. The number of aromatic nitrogens is 2. The summed E-state index contributed by atoms with van der Waals surface area (Å²) in [5.74, 6) is 0.915. The van der Waals surface area contributed by atoms with Crippen LogP contribution in [0.2, 0.25) is 0 Å². The fourth-order valence-electron chi connectivity index (χ4n) is 1.29. The van der Waals surface area contributed by atoms with Crippen LogP contribution in [0.15, 0.2) is 12.4 Å². The van der Waals surface area contributed by atoms with Crippen LogP contribution >= 0.6 is 0 Å². The van der Waals surface area contributed by atoms with Crippen LogP contribution in [0.25, 0.3) is 0 Å². The van der Waals surface area contributed by atoms with Gasteiger partial charge in [-0.15, -0.1) is 0 Å². The molecule has 1 aromatic heterocycles. The highest BCUT2D eigenvalue weighted by atomic mass is 15.1. The van der Waals surface area contributed by atoms with Gasteiger partial charge < -0.3 is 10.2 Å². The van der Waals surface area contributed by atoms with Crippen LogP contribution in [-0.4, -0.2) is 41.0 Å². The Morgan fingerprint density at radius 3 is 2.24 bits per heavy atom. The fourth-order valence-corrected chi connectivity index (χ4v) is 1.29. The minimum absolute atomic E-state index is 0.129. The highest BCUT2D eigenvalue weighted by molar-refractivity contribution is 5.05. The molecule has 0 saturated carbocycles. The Morgan fingerprint density at radius 1 is 1.18 bits per heavy atom. The van der Waals surface area contributed by atoms with Crippen LogP contribution in [-0.2, 0) is 13.0 Å². The van der Waals surface area contributed by atoms with Gasteiger partial charge >= 0.3 is 0 Å².